The van der Waals surface area contributed by atoms with Gasteiger partial charge in [-0.1, -0.05) is 24.4 Å². The maximum atomic E-state index is 11.0. The first-order chi connectivity index (χ1) is 8.47. The third-order valence-corrected chi connectivity index (χ3v) is 2.43. The van der Waals surface area contributed by atoms with Crippen molar-refractivity contribution < 1.29 is 4.79 Å². The van der Waals surface area contributed by atoms with Crippen molar-refractivity contribution in [1.82, 2.24) is 15.3 Å². The molecule has 0 saturated heterocycles. The van der Waals surface area contributed by atoms with Crippen LogP contribution in [0, 0.1) is 0 Å². The monoisotopic (exact) mass is 285 g/mol. The standard InChI is InChI=1S/C8H11N7OS2/c1-11-8(18)4(6(10)17)14-15-7-3(5(9)16)12-2-13-7/h2,15H,1H3,(H2,9,16)(H2,10,17)(H,11,18)(H,12,13)/b14-4-. The average Bonchev–Trinajstić information content (AvgIpc) is 2.76. The van der Waals surface area contributed by atoms with E-state index in [1.54, 1.807) is 7.05 Å². The lowest BCUT2D eigenvalue weighted by atomic mass is 10.4. The van der Waals surface area contributed by atoms with Crippen molar-refractivity contribution >= 4 is 51.8 Å². The van der Waals surface area contributed by atoms with Gasteiger partial charge in [0.2, 0.25) is 0 Å². The van der Waals surface area contributed by atoms with Crippen molar-refractivity contribution in [2.45, 2.75) is 0 Å². The number of nitrogens with zero attached hydrogens (tertiary/aromatic N) is 2. The predicted octanol–water partition coefficient (Wildman–Crippen LogP) is -0.891. The van der Waals surface area contributed by atoms with E-state index in [0.29, 0.717) is 0 Å². The predicted molar refractivity (Wildman–Crippen MR) is 76.6 cm³/mol. The molecule has 0 spiro atoms. The molecule has 0 aliphatic heterocycles. The number of aromatic nitrogens is 2. The Bertz CT molecular complexity index is 521. The molecule has 1 amide bonds. The summed E-state index contributed by atoms with van der Waals surface area (Å²) in [5.41, 5.74) is 13.4. The first kappa shape index (κ1) is 14.0. The average molecular weight is 285 g/mol. The van der Waals surface area contributed by atoms with Gasteiger partial charge in [-0.2, -0.15) is 5.10 Å². The quantitative estimate of drug-likeness (QED) is 0.269. The third kappa shape index (κ3) is 3.21. The van der Waals surface area contributed by atoms with Crippen LogP contribution in [0.4, 0.5) is 5.82 Å². The van der Waals surface area contributed by atoms with Crippen LogP contribution in [0.15, 0.2) is 11.4 Å². The Morgan fingerprint density at radius 3 is 2.67 bits per heavy atom. The highest BCUT2D eigenvalue weighted by Gasteiger charge is 2.12. The molecule has 0 aromatic carbocycles. The van der Waals surface area contributed by atoms with Crippen molar-refractivity contribution in [3.05, 3.63) is 12.0 Å². The minimum Gasteiger partial charge on any atom is -0.388 e. The summed E-state index contributed by atoms with van der Waals surface area (Å²) in [6, 6.07) is 0. The molecule has 0 fully saturated rings. The molecule has 7 N–H and O–H groups in total. The summed E-state index contributed by atoms with van der Waals surface area (Å²) in [6.07, 6.45) is 1.30. The van der Waals surface area contributed by atoms with Crippen LogP contribution in [0.5, 0.6) is 0 Å². The number of hydrazone groups is 1. The topological polar surface area (TPSA) is 134 Å². The zero-order chi connectivity index (χ0) is 13.7. The second-order valence-electron chi connectivity index (χ2n) is 3.01. The van der Waals surface area contributed by atoms with E-state index < -0.39 is 5.91 Å². The second kappa shape index (κ2) is 6.02. The number of carbonyl (C=O) groups is 1. The van der Waals surface area contributed by atoms with Crippen LogP contribution in [0.25, 0.3) is 0 Å². The van der Waals surface area contributed by atoms with Gasteiger partial charge >= 0.3 is 0 Å². The van der Waals surface area contributed by atoms with Crippen LogP contribution in [-0.4, -0.2) is 38.6 Å². The third-order valence-electron chi connectivity index (χ3n) is 1.83. The van der Waals surface area contributed by atoms with E-state index in [9.17, 15) is 4.79 Å². The van der Waals surface area contributed by atoms with Gasteiger partial charge in [-0.05, 0) is 0 Å². The van der Waals surface area contributed by atoms with Crippen LogP contribution < -0.4 is 22.2 Å². The SMILES string of the molecule is CNC(=S)/C(=N\Nc1nc[nH]c1C(N)=O)C(N)=S. The van der Waals surface area contributed by atoms with E-state index in [1.165, 1.54) is 6.33 Å². The van der Waals surface area contributed by atoms with E-state index >= 15 is 0 Å². The number of aromatic amines is 1. The Kier molecular flexibility index (Phi) is 4.68. The van der Waals surface area contributed by atoms with Gasteiger partial charge in [0.05, 0.1) is 6.33 Å². The minimum atomic E-state index is -0.668. The van der Waals surface area contributed by atoms with Crippen LogP contribution in [0.2, 0.25) is 0 Å². The lowest BCUT2D eigenvalue weighted by molar-refractivity contribution is 0.0997. The number of nitrogens with one attached hydrogen (secondary N) is 3. The molecule has 0 unspecified atom stereocenters. The fraction of sp³-hybridized carbons (Fsp3) is 0.125. The molecule has 10 heteroatoms. The Morgan fingerprint density at radius 1 is 1.50 bits per heavy atom. The van der Waals surface area contributed by atoms with Crippen LogP contribution in [0.1, 0.15) is 10.5 Å². The number of imidazole rings is 1. The van der Waals surface area contributed by atoms with E-state index in [0.717, 1.165) is 0 Å². The molecule has 96 valence electrons. The van der Waals surface area contributed by atoms with Gasteiger partial charge in [-0.3, -0.25) is 10.2 Å². The first-order valence-electron chi connectivity index (χ1n) is 4.66. The normalized spacial score (nSPS) is 10.8. The Labute approximate surface area is 113 Å². The van der Waals surface area contributed by atoms with Gasteiger partial charge in [-0.15, -0.1) is 0 Å². The molecular weight excluding hydrogens is 274 g/mol. The lowest BCUT2D eigenvalue weighted by Gasteiger charge is -2.06. The summed E-state index contributed by atoms with van der Waals surface area (Å²) in [6.45, 7) is 0. The molecule has 1 aromatic heterocycles. The fourth-order valence-electron chi connectivity index (χ4n) is 1.01. The number of thiocarbonyl (C=S) groups is 2. The number of primary amides is 1. The molecular formula is C8H11N7OS2. The van der Waals surface area contributed by atoms with Gasteiger partial charge in [0.25, 0.3) is 5.91 Å². The van der Waals surface area contributed by atoms with E-state index in [2.05, 4.69) is 25.8 Å². The number of amides is 1. The number of rotatable bonds is 5. The molecule has 0 aliphatic carbocycles. The van der Waals surface area contributed by atoms with Crippen molar-refractivity contribution in [2.24, 2.45) is 16.6 Å². The van der Waals surface area contributed by atoms with Gasteiger partial charge in [0.15, 0.2) is 11.5 Å². The van der Waals surface area contributed by atoms with E-state index in [1.807, 2.05) is 0 Å². The summed E-state index contributed by atoms with van der Waals surface area (Å²) in [5.74, 6) is -0.506. The largest absolute Gasteiger partial charge is 0.388 e. The van der Waals surface area contributed by atoms with Gasteiger partial charge in [0.1, 0.15) is 15.7 Å². The Hall–Kier alpha value is -2.07. The maximum absolute atomic E-state index is 11.0. The molecule has 0 bridgehead atoms. The zero-order valence-corrected chi connectivity index (χ0v) is 11.0. The number of H-pyrrole nitrogens is 1. The van der Waals surface area contributed by atoms with Crippen LogP contribution in [-0.2, 0) is 0 Å². The molecule has 1 heterocycles. The molecule has 1 aromatic rings. The number of carbonyl (C=O) groups excluding carboxylic acids is 1. The molecule has 8 nitrogen and oxygen atoms in total. The van der Waals surface area contributed by atoms with Gasteiger partial charge in [0, 0.05) is 7.05 Å². The fourth-order valence-corrected chi connectivity index (χ4v) is 1.38. The molecule has 1 rings (SSSR count). The minimum absolute atomic E-state index is 0.0120. The molecule has 0 saturated carbocycles. The highest BCUT2D eigenvalue weighted by molar-refractivity contribution is 7.85. The van der Waals surface area contributed by atoms with Crippen molar-refractivity contribution in [1.29, 1.82) is 0 Å². The van der Waals surface area contributed by atoms with Gasteiger partial charge < -0.3 is 21.8 Å². The lowest BCUT2D eigenvalue weighted by Crippen LogP contribution is -2.36. The Morgan fingerprint density at radius 2 is 2.17 bits per heavy atom. The first-order valence-corrected chi connectivity index (χ1v) is 5.47. The Balaban J connectivity index is 2.95. The molecule has 18 heavy (non-hydrogen) atoms. The highest BCUT2D eigenvalue weighted by atomic mass is 32.1. The summed E-state index contributed by atoms with van der Waals surface area (Å²) in [7, 11) is 1.61. The summed E-state index contributed by atoms with van der Waals surface area (Å²) in [4.78, 5) is 17.7. The second-order valence-corrected chi connectivity index (χ2v) is 3.85. The van der Waals surface area contributed by atoms with Crippen LogP contribution >= 0.6 is 24.4 Å². The van der Waals surface area contributed by atoms with E-state index in [-0.39, 0.29) is 27.2 Å². The number of anilines is 1. The summed E-state index contributed by atoms with van der Waals surface area (Å²) in [5, 5.41) is 6.57. The van der Waals surface area contributed by atoms with Crippen LogP contribution in [0.3, 0.4) is 0 Å². The number of hydrogen-bond acceptors (Lipinski definition) is 6. The summed E-state index contributed by atoms with van der Waals surface area (Å²) >= 11 is 9.76. The van der Waals surface area contributed by atoms with E-state index in [4.69, 9.17) is 35.9 Å². The molecule has 0 radical (unpaired) electrons. The highest BCUT2D eigenvalue weighted by Crippen LogP contribution is 2.08. The van der Waals surface area contributed by atoms with Crippen molar-refractivity contribution in [3.8, 4) is 0 Å². The van der Waals surface area contributed by atoms with Crippen molar-refractivity contribution in [3.63, 3.8) is 0 Å². The number of hydrogen-bond donors (Lipinski definition) is 5. The molecule has 0 atom stereocenters. The van der Waals surface area contributed by atoms with Crippen molar-refractivity contribution in [2.75, 3.05) is 12.5 Å². The molecule has 0 aliphatic rings. The number of nitrogens with two attached hydrogens (primary N) is 2. The summed E-state index contributed by atoms with van der Waals surface area (Å²) < 4.78 is 0. The van der Waals surface area contributed by atoms with Gasteiger partial charge in [-0.25, -0.2) is 4.98 Å². The zero-order valence-electron chi connectivity index (χ0n) is 9.35. The smallest absolute Gasteiger partial charge is 0.269 e. The maximum Gasteiger partial charge on any atom is 0.269 e.